The van der Waals surface area contributed by atoms with Gasteiger partial charge in [-0.05, 0) is 19.1 Å². The summed E-state index contributed by atoms with van der Waals surface area (Å²) in [7, 11) is 0. The van der Waals surface area contributed by atoms with Gasteiger partial charge in [0.05, 0.1) is 11.8 Å². The first kappa shape index (κ1) is 13.4. The highest BCUT2D eigenvalue weighted by molar-refractivity contribution is 5.94. The van der Waals surface area contributed by atoms with Gasteiger partial charge in [0.25, 0.3) is 11.5 Å². The molecular formula is C12H11N5O3. The van der Waals surface area contributed by atoms with Crippen molar-refractivity contribution in [2.24, 2.45) is 5.10 Å². The molecule has 20 heavy (non-hydrogen) atoms. The molecule has 0 spiro atoms. The van der Waals surface area contributed by atoms with Gasteiger partial charge in [0, 0.05) is 23.7 Å². The van der Waals surface area contributed by atoms with Crippen LogP contribution in [0.25, 0.3) is 0 Å². The fourth-order valence-electron chi connectivity index (χ4n) is 1.49. The molecule has 102 valence electrons. The van der Waals surface area contributed by atoms with Crippen molar-refractivity contribution in [3.63, 3.8) is 0 Å². The van der Waals surface area contributed by atoms with E-state index in [4.69, 9.17) is 0 Å². The first-order valence-electron chi connectivity index (χ1n) is 5.64. The molecule has 2 heterocycles. The summed E-state index contributed by atoms with van der Waals surface area (Å²) < 4.78 is 0. The predicted octanol–water partition coefficient (Wildman–Crippen LogP) is -0.469. The lowest BCUT2D eigenvalue weighted by atomic mass is 10.2. The van der Waals surface area contributed by atoms with E-state index in [2.05, 4.69) is 25.5 Å². The number of nitrogens with zero attached hydrogens (tertiary/aromatic N) is 2. The Bertz CT molecular complexity index is 761. The first-order chi connectivity index (χ1) is 9.58. The molecule has 0 bridgehead atoms. The van der Waals surface area contributed by atoms with Crippen LogP contribution in [0.15, 0.2) is 39.2 Å². The summed E-state index contributed by atoms with van der Waals surface area (Å²) in [6.45, 7) is 1.56. The van der Waals surface area contributed by atoms with Crippen molar-refractivity contribution in [3.8, 4) is 0 Å². The highest BCUT2D eigenvalue weighted by atomic mass is 16.2. The molecule has 3 N–H and O–H groups in total. The van der Waals surface area contributed by atoms with Gasteiger partial charge in [0.1, 0.15) is 0 Å². The largest absolute Gasteiger partial charge is 0.325 e. The van der Waals surface area contributed by atoms with Crippen molar-refractivity contribution in [1.82, 2.24) is 20.4 Å². The Balaban J connectivity index is 2.14. The lowest BCUT2D eigenvalue weighted by molar-refractivity contribution is 0.0955. The fourth-order valence-corrected chi connectivity index (χ4v) is 1.49. The van der Waals surface area contributed by atoms with Crippen LogP contribution in [0.5, 0.6) is 0 Å². The van der Waals surface area contributed by atoms with Crippen LogP contribution in [-0.2, 0) is 0 Å². The quantitative estimate of drug-likeness (QED) is 0.517. The first-order valence-corrected chi connectivity index (χ1v) is 5.64. The third kappa shape index (κ3) is 3.05. The number of aryl methyl sites for hydroxylation is 1. The van der Waals surface area contributed by atoms with Gasteiger partial charge in [-0.2, -0.15) is 5.10 Å². The molecule has 0 fully saturated rings. The van der Waals surface area contributed by atoms with E-state index < -0.39 is 17.2 Å². The highest BCUT2D eigenvalue weighted by Crippen LogP contribution is 1.95. The van der Waals surface area contributed by atoms with Crippen molar-refractivity contribution in [2.75, 3.05) is 0 Å². The molecule has 8 nitrogen and oxygen atoms in total. The third-order valence-corrected chi connectivity index (χ3v) is 2.48. The maximum Gasteiger partial charge on any atom is 0.325 e. The van der Waals surface area contributed by atoms with Gasteiger partial charge in [0.15, 0.2) is 0 Å². The topological polar surface area (TPSA) is 120 Å². The molecule has 2 rings (SSSR count). The van der Waals surface area contributed by atoms with Crippen LogP contribution in [0.3, 0.4) is 0 Å². The normalized spacial score (nSPS) is 10.7. The van der Waals surface area contributed by atoms with E-state index in [0.717, 1.165) is 0 Å². The van der Waals surface area contributed by atoms with E-state index in [1.807, 2.05) is 0 Å². The minimum atomic E-state index is -0.592. The number of hydrazone groups is 1. The smallest absolute Gasteiger partial charge is 0.311 e. The van der Waals surface area contributed by atoms with Gasteiger partial charge in [-0.3, -0.25) is 19.6 Å². The number of carbonyl (C=O) groups is 1. The van der Waals surface area contributed by atoms with E-state index >= 15 is 0 Å². The zero-order chi connectivity index (χ0) is 14.5. The maximum absolute atomic E-state index is 11.7. The summed E-state index contributed by atoms with van der Waals surface area (Å²) in [5, 5.41) is 3.68. The number of aromatic nitrogens is 3. The molecule has 0 saturated carbocycles. The summed E-state index contributed by atoms with van der Waals surface area (Å²) in [6.07, 6.45) is 4.13. The lowest BCUT2D eigenvalue weighted by Crippen LogP contribution is -2.27. The monoisotopic (exact) mass is 273 g/mol. The summed E-state index contributed by atoms with van der Waals surface area (Å²) in [5.41, 5.74) is 2.03. The van der Waals surface area contributed by atoms with Crippen molar-refractivity contribution in [1.29, 1.82) is 0 Å². The SMILES string of the molecule is Cc1[nH]c(=O)[nH]c(=O)c1/C=N\NC(=O)c1ccncc1. The molecule has 8 heteroatoms. The summed E-state index contributed by atoms with van der Waals surface area (Å²) in [6, 6.07) is 3.06. The van der Waals surface area contributed by atoms with Crippen LogP contribution in [0.1, 0.15) is 21.6 Å². The second-order valence-corrected chi connectivity index (χ2v) is 3.88. The van der Waals surface area contributed by atoms with Gasteiger partial charge in [-0.1, -0.05) is 0 Å². The third-order valence-electron chi connectivity index (χ3n) is 2.48. The van der Waals surface area contributed by atoms with E-state index in [0.29, 0.717) is 11.3 Å². The van der Waals surface area contributed by atoms with E-state index in [9.17, 15) is 14.4 Å². The minimum Gasteiger partial charge on any atom is -0.311 e. The van der Waals surface area contributed by atoms with E-state index in [-0.39, 0.29) is 5.56 Å². The average molecular weight is 273 g/mol. The van der Waals surface area contributed by atoms with Gasteiger partial charge in [0.2, 0.25) is 0 Å². The molecule has 0 radical (unpaired) electrons. The van der Waals surface area contributed by atoms with Crippen LogP contribution in [0.4, 0.5) is 0 Å². The van der Waals surface area contributed by atoms with Crippen LogP contribution >= 0.6 is 0 Å². The second kappa shape index (κ2) is 5.74. The number of hydrogen-bond donors (Lipinski definition) is 3. The van der Waals surface area contributed by atoms with Crippen LogP contribution in [-0.4, -0.2) is 27.1 Å². The second-order valence-electron chi connectivity index (χ2n) is 3.88. The highest BCUT2D eigenvalue weighted by Gasteiger charge is 2.04. The average Bonchev–Trinajstić information content (AvgIpc) is 2.42. The van der Waals surface area contributed by atoms with Crippen molar-refractivity contribution >= 4 is 12.1 Å². The standard InChI is InChI=1S/C12H11N5O3/c1-7-9(11(19)16-12(20)15-7)6-14-17-10(18)8-2-4-13-5-3-8/h2-6H,1H3,(H,17,18)(H2,15,16,19,20)/b14-6-. The van der Waals surface area contributed by atoms with Crippen LogP contribution < -0.4 is 16.7 Å². The van der Waals surface area contributed by atoms with Crippen molar-refractivity contribution in [3.05, 3.63) is 62.2 Å². The molecule has 0 unspecified atom stereocenters. The van der Waals surface area contributed by atoms with Crippen LogP contribution in [0.2, 0.25) is 0 Å². The van der Waals surface area contributed by atoms with E-state index in [1.54, 1.807) is 6.92 Å². The number of rotatable bonds is 3. The predicted molar refractivity (Wildman–Crippen MR) is 71.7 cm³/mol. The Kier molecular flexibility index (Phi) is 3.85. The van der Waals surface area contributed by atoms with Gasteiger partial charge >= 0.3 is 5.69 Å². The lowest BCUT2D eigenvalue weighted by Gasteiger charge is -1.99. The Morgan fingerprint density at radius 2 is 2.00 bits per heavy atom. The summed E-state index contributed by atoms with van der Waals surface area (Å²) in [4.78, 5) is 42.5. The Labute approximate surface area is 112 Å². The molecule has 2 aromatic heterocycles. The molecule has 1 amide bonds. The van der Waals surface area contributed by atoms with Crippen molar-refractivity contribution in [2.45, 2.75) is 6.92 Å². The Morgan fingerprint density at radius 3 is 2.65 bits per heavy atom. The Morgan fingerprint density at radius 1 is 1.30 bits per heavy atom. The zero-order valence-corrected chi connectivity index (χ0v) is 10.5. The molecule has 0 atom stereocenters. The van der Waals surface area contributed by atoms with Gasteiger partial charge in [-0.15, -0.1) is 0 Å². The van der Waals surface area contributed by atoms with Crippen LogP contribution in [0, 0.1) is 6.92 Å². The number of carbonyl (C=O) groups excluding carboxylic acids is 1. The fraction of sp³-hybridized carbons (Fsp3) is 0.0833. The van der Waals surface area contributed by atoms with E-state index in [1.165, 1.54) is 30.7 Å². The van der Waals surface area contributed by atoms with Gasteiger partial charge < -0.3 is 4.98 Å². The zero-order valence-electron chi connectivity index (χ0n) is 10.5. The number of amides is 1. The summed E-state index contributed by atoms with van der Waals surface area (Å²) >= 11 is 0. The summed E-state index contributed by atoms with van der Waals surface area (Å²) in [5.74, 6) is -0.429. The van der Waals surface area contributed by atoms with Gasteiger partial charge in [-0.25, -0.2) is 10.2 Å². The minimum absolute atomic E-state index is 0.166. The Hall–Kier alpha value is -3.03. The number of H-pyrrole nitrogens is 2. The number of pyridine rings is 1. The number of hydrogen-bond acceptors (Lipinski definition) is 5. The molecule has 0 aromatic carbocycles. The molecular weight excluding hydrogens is 262 g/mol. The molecule has 0 saturated heterocycles. The molecule has 0 aliphatic carbocycles. The molecule has 0 aliphatic rings. The maximum atomic E-state index is 11.7. The molecule has 2 aromatic rings. The number of nitrogens with one attached hydrogen (secondary N) is 3. The van der Waals surface area contributed by atoms with Crippen molar-refractivity contribution < 1.29 is 4.79 Å². The number of aromatic amines is 2. The molecule has 0 aliphatic heterocycles.